The van der Waals surface area contributed by atoms with E-state index in [2.05, 4.69) is 5.32 Å². The monoisotopic (exact) mass is 285 g/mol. The van der Waals surface area contributed by atoms with E-state index in [-0.39, 0.29) is 11.5 Å². The number of hydrogen-bond acceptors (Lipinski definition) is 3. The summed E-state index contributed by atoms with van der Waals surface area (Å²) in [6, 6.07) is 10.5. The van der Waals surface area contributed by atoms with E-state index in [0.717, 1.165) is 11.3 Å². The van der Waals surface area contributed by atoms with Crippen LogP contribution >= 0.6 is 0 Å². The number of anilines is 2. The number of carbonyl (C=O) groups excluding carboxylic acids is 1. The van der Waals surface area contributed by atoms with Crippen LogP contribution in [-0.2, 0) is 11.3 Å². The largest absolute Gasteiger partial charge is 0.399 e. The second-order valence-electron chi connectivity index (χ2n) is 5.01. The number of benzene rings is 1. The smallest absolute Gasteiger partial charge is 0.250 e. The Labute approximate surface area is 123 Å². The highest BCUT2D eigenvalue weighted by Gasteiger charge is 2.03. The first-order valence-corrected chi connectivity index (χ1v) is 6.87. The number of nitrogens with zero attached hydrogens (tertiary/aromatic N) is 1. The van der Waals surface area contributed by atoms with Crippen molar-refractivity contribution in [3.05, 3.63) is 58.5 Å². The standard InChI is InChI=1S/C16H19N3O2/c1-12-8-10-19(16(21)11-12)9-2-3-15(20)18-14-6-4-13(17)5-7-14/h4-8,10-11H,2-3,9,17H2,1H3,(H,18,20). The van der Waals surface area contributed by atoms with Crippen molar-refractivity contribution in [1.29, 1.82) is 0 Å². The van der Waals surface area contributed by atoms with Crippen LogP contribution in [0.2, 0.25) is 0 Å². The minimum Gasteiger partial charge on any atom is -0.399 e. The van der Waals surface area contributed by atoms with Gasteiger partial charge in [0, 0.05) is 36.6 Å². The molecule has 0 unspecified atom stereocenters. The maximum atomic E-state index is 11.8. The fourth-order valence-electron chi connectivity index (χ4n) is 1.99. The molecule has 2 rings (SSSR count). The molecule has 5 nitrogen and oxygen atoms in total. The third kappa shape index (κ3) is 4.49. The van der Waals surface area contributed by atoms with Gasteiger partial charge in [-0.2, -0.15) is 0 Å². The molecule has 3 N–H and O–H groups in total. The summed E-state index contributed by atoms with van der Waals surface area (Å²) >= 11 is 0. The molecule has 1 heterocycles. The zero-order valence-corrected chi connectivity index (χ0v) is 12.0. The first-order valence-electron chi connectivity index (χ1n) is 6.87. The summed E-state index contributed by atoms with van der Waals surface area (Å²) in [6.07, 6.45) is 2.74. The lowest BCUT2D eigenvalue weighted by atomic mass is 10.2. The fraction of sp³-hybridized carbons (Fsp3) is 0.250. The van der Waals surface area contributed by atoms with E-state index in [0.29, 0.717) is 25.1 Å². The van der Waals surface area contributed by atoms with Gasteiger partial charge in [-0.3, -0.25) is 9.59 Å². The number of hydrogen-bond donors (Lipinski definition) is 2. The van der Waals surface area contributed by atoms with Crippen LogP contribution in [0.25, 0.3) is 0 Å². The Kier molecular flexibility index (Phi) is 4.77. The molecule has 0 aliphatic heterocycles. The SMILES string of the molecule is Cc1ccn(CCCC(=O)Nc2ccc(N)cc2)c(=O)c1. The van der Waals surface area contributed by atoms with Gasteiger partial charge in [0.25, 0.3) is 5.56 Å². The van der Waals surface area contributed by atoms with Crippen LogP contribution in [0, 0.1) is 6.92 Å². The van der Waals surface area contributed by atoms with Crippen molar-refractivity contribution in [3.8, 4) is 0 Å². The highest BCUT2D eigenvalue weighted by molar-refractivity contribution is 5.90. The highest BCUT2D eigenvalue weighted by atomic mass is 16.1. The molecule has 0 aliphatic carbocycles. The van der Waals surface area contributed by atoms with E-state index >= 15 is 0 Å². The van der Waals surface area contributed by atoms with E-state index < -0.39 is 0 Å². The number of nitrogens with one attached hydrogen (secondary N) is 1. The van der Waals surface area contributed by atoms with Crippen LogP contribution < -0.4 is 16.6 Å². The van der Waals surface area contributed by atoms with E-state index in [9.17, 15) is 9.59 Å². The van der Waals surface area contributed by atoms with Crippen LogP contribution in [0.4, 0.5) is 11.4 Å². The first kappa shape index (κ1) is 14.8. The van der Waals surface area contributed by atoms with Crippen LogP contribution in [0.3, 0.4) is 0 Å². The molecule has 0 atom stereocenters. The summed E-state index contributed by atoms with van der Waals surface area (Å²) in [7, 11) is 0. The zero-order valence-electron chi connectivity index (χ0n) is 12.0. The predicted octanol–water partition coefficient (Wildman–Crippen LogP) is 2.16. The third-order valence-corrected chi connectivity index (χ3v) is 3.15. The molecule has 1 aromatic carbocycles. The lowest BCUT2D eigenvalue weighted by Crippen LogP contribution is -2.20. The van der Waals surface area contributed by atoms with Crippen molar-refractivity contribution >= 4 is 17.3 Å². The van der Waals surface area contributed by atoms with Crippen molar-refractivity contribution in [3.63, 3.8) is 0 Å². The van der Waals surface area contributed by atoms with Gasteiger partial charge in [-0.05, 0) is 49.2 Å². The first-order chi connectivity index (χ1) is 10.0. The van der Waals surface area contributed by atoms with Gasteiger partial charge in [0.05, 0.1) is 0 Å². The van der Waals surface area contributed by atoms with Gasteiger partial charge >= 0.3 is 0 Å². The molecule has 0 saturated heterocycles. The maximum absolute atomic E-state index is 11.8. The minimum absolute atomic E-state index is 0.0334. The molecule has 0 fully saturated rings. The molecule has 0 radical (unpaired) electrons. The second kappa shape index (κ2) is 6.74. The topological polar surface area (TPSA) is 77.1 Å². The number of nitrogens with two attached hydrogens (primary N) is 1. The Morgan fingerprint density at radius 3 is 2.62 bits per heavy atom. The summed E-state index contributed by atoms with van der Waals surface area (Å²) in [5.41, 5.74) is 7.87. The molecule has 0 spiro atoms. The predicted molar refractivity (Wildman–Crippen MR) is 84.2 cm³/mol. The maximum Gasteiger partial charge on any atom is 0.250 e. The molecular weight excluding hydrogens is 266 g/mol. The van der Waals surface area contributed by atoms with Crippen molar-refractivity contribution in [2.45, 2.75) is 26.3 Å². The van der Waals surface area contributed by atoms with E-state index in [1.54, 1.807) is 41.1 Å². The Hall–Kier alpha value is -2.56. The number of aromatic nitrogens is 1. The van der Waals surface area contributed by atoms with Crippen molar-refractivity contribution in [2.75, 3.05) is 11.1 Å². The summed E-state index contributed by atoms with van der Waals surface area (Å²) in [5, 5.41) is 2.80. The van der Waals surface area contributed by atoms with Crippen LogP contribution in [0.15, 0.2) is 47.4 Å². The summed E-state index contributed by atoms with van der Waals surface area (Å²) in [4.78, 5) is 23.5. The molecule has 0 saturated carbocycles. The zero-order chi connectivity index (χ0) is 15.2. The van der Waals surface area contributed by atoms with Crippen molar-refractivity contribution in [1.82, 2.24) is 4.57 Å². The highest BCUT2D eigenvalue weighted by Crippen LogP contribution is 2.11. The molecule has 1 amide bonds. The van der Waals surface area contributed by atoms with Crippen molar-refractivity contribution in [2.24, 2.45) is 0 Å². The number of carbonyl (C=O) groups is 1. The Balaban J connectivity index is 1.81. The lowest BCUT2D eigenvalue weighted by Gasteiger charge is -2.07. The normalized spacial score (nSPS) is 10.3. The van der Waals surface area contributed by atoms with Gasteiger partial charge in [-0.15, -0.1) is 0 Å². The average Bonchev–Trinajstić information content (AvgIpc) is 2.44. The third-order valence-electron chi connectivity index (χ3n) is 3.15. The van der Waals surface area contributed by atoms with Crippen LogP contribution in [0.1, 0.15) is 18.4 Å². The number of rotatable bonds is 5. The summed E-state index contributed by atoms with van der Waals surface area (Å²) in [6.45, 7) is 2.42. The van der Waals surface area contributed by atoms with Gasteiger partial charge in [0.2, 0.25) is 5.91 Å². The van der Waals surface area contributed by atoms with Gasteiger partial charge in [-0.25, -0.2) is 0 Å². The molecule has 1 aromatic heterocycles. The number of nitrogen functional groups attached to an aromatic ring is 1. The minimum atomic E-state index is -0.0695. The summed E-state index contributed by atoms with van der Waals surface area (Å²) in [5.74, 6) is -0.0695. The summed E-state index contributed by atoms with van der Waals surface area (Å²) < 4.78 is 1.61. The van der Waals surface area contributed by atoms with E-state index in [1.165, 1.54) is 0 Å². The number of aryl methyl sites for hydroxylation is 2. The Morgan fingerprint density at radius 2 is 1.95 bits per heavy atom. The van der Waals surface area contributed by atoms with Crippen LogP contribution in [0.5, 0.6) is 0 Å². The van der Waals surface area contributed by atoms with Gasteiger partial charge in [0.1, 0.15) is 0 Å². The molecule has 21 heavy (non-hydrogen) atoms. The van der Waals surface area contributed by atoms with E-state index in [1.807, 2.05) is 13.0 Å². The van der Waals surface area contributed by atoms with Crippen LogP contribution in [-0.4, -0.2) is 10.5 Å². The molecule has 110 valence electrons. The molecule has 0 aliphatic rings. The van der Waals surface area contributed by atoms with Gasteiger partial charge in [-0.1, -0.05) is 0 Å². The van der Waals surface area contributed by atoms with Gasteiger partial charge < -0.3 is 15.6 Å². The molecule has 0 bridgehead atoms. The Bertz CT molecular complexity index is 675. The Morgan fingerprint density at radius 1 is 1.24 bits per heavy atom. The second-order valence-corrected chi connectivity index (χ2v) is 5.01. The molecule has 2 aromatic rings. The van der Waals surface area contributed by atoms with Gasteiger partial charge in [0.15, 0.2) is 0 Å². The number of amides is 1. The quantitative estimate of drug-likeness (QED) is 0.826. The molecular formula is C16H19N3O2. The fourth-order valence-corrected chi connectivity index (χ4v) is 1.99. The van der Waals surface area contributed by atoms with Crippen molar-refractivity contribution < 1.29 is 4.79 Å². The number of pyridine rings is 1. The average molecular weight is 285 g/mol. The van der Waals surface area contributed by atoms with E-state index in [4.69, 9.17) is 5.73 Å². The molecule has 5 heteroatoms. The lowest BCUT2D eigenvalue weighted by molar-refractivity contribution is -0.116.